The highest BCUT2D eigenvalue weighted by Crippen LogP contribution is 2.13. The summed E-state index contributed by atoms with van der Waals surface area (Å²) in [5.74, 6) is 0.237. The Kier molecular flexibility index (Phi) is 7.87. The monoisotopic (exact) mass is 352 g/mol. The van der Waals surface area contributed by atoms with Crippen molar-refractivity contribution in [3.8, 4) is 0 Å². The van der Waals surface area contributed by atoms with Gasteiger partial charge in [0.2, 0.25) is 0 Å². The molecule has 1 amide bonds. The second kappa shape index (κ2) is 10.4. The summed E-state index contributed by atoms with van der Waals surface area (Å²) in [4.78, 5) is 25.1. The highest BCUT2D eigenvalue weighted by Gasteiger charge is 2.15. The SMILES string of the molecule is CCCCC(CC)CNC(=O)/C(=C\c1ccccc1)n1ccccc1=O. The van der Waals surface area contributed by atoms with Crippen molar-refractivity contribution in [3.63, 3.8) is 0 Å². The largest absolute Gasteiger partial charge is 0.350 e. The number of amides is 1. The van der Waals surface area contributed by atoms with Gasteiger partial charge in [-0.05, 0) is 30.0 Å². The van der Waals surface area contributed by atoms with Crippen molar-refractivity contribution in [3.05, 3.63) is 70.6 Å². The molecule has 1 unspecified atom stereocenters. The van der Waals surface area contributed by atoms with Crippen LogP contribution in [-0.4, -0.2) is 17.0 Å². The molecular weight excluding hydrogens is 324 g/mol. The van der Waals surface area contributed by atoms with E-state index < -0.39 is 0 Å². The molecule has 1 N–H and O–H groups in total. The molecule has 0 spiro atoms. The zero-order valence-corrected chi connectivity index (χ0v) is 15.7. The van der Waals surface area contributed by atoms with E-state index in [4.69, 9.17) is 0 Å². The number of hydrogen-bond donors (Lipinski definition) is 1. The third-order valence-electron chi connectivity index (χ3n) is 4.51. The summed E-state index contributed by atoms with van der Waals surface area (Å²) in [6.07, 6.45) is 7.84. The molecule has 1 aromatic carbocycles. The van der Waals surface area contributed by atoms with Crippen molar-refractivity contribution in [1.82, 2.24) is 9.88 Å². The van der Waals surface area contributed by atoms with E-state index in [1.807, 2.05) is 30.3 Å². The number of unbranched alkanes of at least 4 members (excludes halogenated alkanes) is 1. The first-order valence-electron chi connectivity index (χ1n) is 9.38. The fraction of sp³-hybridized carbons (Fsp3) is 0.364. The number of rotatable bonds is 9. The molecule has 138 valence electrons. The Balaban J connectivity index is 2.24. The number of carbonyl (C=O) groups excluding carboxylic acids is 1. The van der Waals surface area contributed by atoms with Gasteiger partial charge in [-0.15, -0.1) is 0 Å². The first-order valence-corrected chi connectivity index (χ1v) is 9.38. The van der Waals surface area contributed by atoms with Crippen molar-refractivity contribution in [2.24, 2.45) is 5.92 Å². The van der Waals surface area contributed by atoms with Crippen LogP contribution in [0, 0.1) is 5.92 Å². The molecule has 2 rings (SSSR count). The van der Waals surface area contributed by atoms with Gasteiger partial charge < -0.3 is 5.32 Å². The number of nitrogens with one attached hydrogen (secondary N) is 1. The van der Waals surface area contributed by atoms with Crippen LogP contribution in [-0.2, 0) is 4.79 Å². The van der Waals surface area contributed by atoms with Crippen LogP contribution in [0.3, 0.4) is 0 Å². The van der Waals surface area contributed by atoms with Gasteiger partial charge in [0, 0.05) is 18.8 Å². The fourth-order valence-electron chi connectivity index (χ4n) is 2.85. The topological polar surface area (TPSA) is 51.1 Å². The summed E-state index contributed by atoms with van der Waals surface area (Å²) in [7, 11) is 0. The zero-order chi connectivity index (χ0) is 18.8. The van der Waals surface area contributed by atoms with Gasteiger partial charge in [0.05, 0.1) is 0 Å². The van der Waals surface area contributed by atoms with Crippen LogP contribution >= 0.6 is 0 Å². The summed E-state index contributed by atoms with van der Waals surface area (Å²) in [6.45, 7) is 4.95. The maximum absolute atomic E-state index is 12.9. The van der Waals surface area contributed by atoms with E-state index in [1.54, 1.807) is 24.4 Å². The van der Waals surface area contributed by atoms with Crippen molar-refractivity contribution in [2.75, 3.05) is 6.54 Å². The smallest absolute Gasteiger partial charge is 0.268 e. The van der Waals surface area contributed by atoms with Gasteiger partial charge in [-0.3, -0.25) is 14.2 Å². The van der Waals surface area contributed by atoms with Gasteiger partial charge >= 0.3 is 0 Å². The second-order valence-electron chi connectivity index (χ2n) is 6.48. The van der Waals surface area contributed by atoms with Crippen LogP contribution in [0.1, 0.15) is 45.1 Å². The highest BCUT2D eigenvalue weighted by atomic mass is 16.2. The Morgan fingerprint density at radius 3 is 2.50 bits per heavy atom. The van der Waals surface area contributed by atoms with Crippen molar-refractivity contribution in [2.45, 2.75) is 39.5 Å². The molecule has 1 aromatic heterocycles. The molecule has 0 radical (unpaired) electrons. The molecule has 1 atom stereocenters. The van der Waals surface area contributed by atoms with Gasteiger partial charge in [-0.2, -0.15) is 0 Å². The Hall–Kier alpha value is -2.62. The summed E-state index contributed by atoms with van der Waals surface area (Å²) < 4.78 is 1.40. The number of aromatic nitrogens is 1. The van der Waals surface area contributed by atoms with Crippen molar-refractivity contribution in [1.29, 1.82) is 0 Å². The molecule has 0 aliphatic heterocycles. The lowest BCUT2D eigenvalue weighted by molar-refractivity contribution is -0.116. The maximum Gasteiger partial charge on any atom is 0.268 e. The lowest BCUT2D eigenvalue weighted by Crippen LogP contribution is -2.33. The molecule has 4 nitrogen and oxygen atoms in total. The average molecular weight is 352 g/mol. The molecule has 4 heteroatoms. The van der Waals surface area contributed by atoms with Crippen LogP contribution in [0.2, 0.25) is 0 Å². The van der Waals surface area contributed by atoms with E-state index >= 15 is 0 Å². The first kappa shape index (κ1) is 19.7. The first-order chi connectivity index (χ1) is 12.7. The second-order valence-corrected chi connectivity index (χ2v) is 6.48. The number of benzene rings is 1. The Labute approximate surface area is 155 Å². The quantitative estimate of drug-likeness (QED) is 0.688. The van der Waals surface area contributed by atoms with Crippen molar-refractivity contribution < 1.29 is 4.79 Å². The summed E-state index contributed by atoms with van der Waals surface area (Å²) in [6, 6.07) is 14.5. The Morgan fingerprint density at radius 2 is 1.85 bits per heavy atom. The van der Waals surface area contributed by atoms with Crippen LogP contribution < -0.4 is 10.9 Å². The molecule has 0 saturated heterocycles. The lowest BCUT2D eigenvalue weighted by Gasteiger charge is -2.17. The van der Waals surface area contributed by atoms with E-state index in [-0.39, 0.29) is 11.5 Å². The molecule has 0 aliphatic carbocycles. The van der Waals surface area contributed by atoms with Crippen LogP contribution in [0.4, 0.5) is 0 Å². The van der Waals surface area contributed by atoms with Gasteiger partial charge in [0.1, 0.15) is 5.70 Å². The van der Waals surface area contributed by atoms with Crippen LogP contribution in [0.5, 0.6) is 0 Å². The van der Waals surface area contributed by atoms with E-state index in [9.17, 15) is 9.59 Å². The van der Waals surface area contributed by atoms with Gasteiger partial charge in [0.15, 0.2) is 0 Å². The highest BCUT2D eigenvalue weighted by molar-refractivity contribution is 6.18. The van der Waals surface area contributed by atoms with E-state index in [1.165, 1.54) is 17.1 Å². The number of pyridine rings is 1. The van der Waals surface area contributed by atoms with E-state index in [0.717, 1.165) is 24.8 Å². The fourth-order valence-corrected chi connectivity index (χ4v) is 2.85. The third kappa shape index (κ3) is 5.73. The Bertz CT molecular complexity index is 778. The molecule has 0 fully saturated rings. The van der Waals surface area contributed by atoms with Crippen molar-refractivity contribution >= 4 is 17.7 Å². The zero-order valence-electron chi connectivity index (χ0n) is 15.7. The maximum atomic E-state index is 12.9. The standard InChI is InChI=1S/C22H28N2O2/c1-3-5-11-18(4-2)17-23-22(26)20(16-19-12-7-6-8-13-19)24-15-10-9-14-21(24)25/h6-10,12-16,18H,3-5,11,17H2,1-2H3,(H,23,26)/b20-16+. The molecule has 1 heterocycles. The normalized spacial score (nSPS) is 12.6. The molecule has 0 aliphatic rings. The number of hydrogen-bond acceptors (Lipinski definition) is 2. The number of carbonyl (C=O) groups is 1. The molecule has 0 saturated carbocycles. The van der Waals surface area contributed by atoms with E-state index in [2.05, 4.69) is 19.2 Å². The van der Waals surface area contributed by atoms with E-state index in [0.29, 0.717) is 18.2 Å². The third-order valence-corrected chi connectivity index (χ3v) is 4.51. The molecule has 0 bridgehead atoms. The Morgan fingerprint density at radius 1 is 1.12 bits per heavy atom. The molecule has 2 aromatic rings. The van der Waals surface area contributed by atoms with Gasteiger partial charge in [-0.25, -0.2) is 0 Å². The predicted molar refractivity (Wildman–Crippen MR) is 108 cm³/mol. The predicted octanol–water partition coefficient (Wildman–Crippen LogP) is 4.18. The minimum absolute atomic E-state index is 0.220. The minimum atomic E-state index is -0.225. The van der Waals surface area contributed by atoms with Crippen LogP contribution in [0.15, 0.2) is 59.5 Å². The minimum Gasteiger partial charge on any atom is -0.350 e. The number of nitrogens with zero attached hydrogens (tertiary/aromatic N) is 1. The molecule has 26 heavy (non-hydrogen) atoms. The summed E-state index contributed by atoms with van der Waals surface area (Å²) in [5, 5.41) is 3.02. The average Bonchev–Trinajstić information content (AvgIpc) is 2.67. The van der Waals surface area contributed by atoms with Gasteiger partial charge in [-0.1, -0.05) is 69.5 Å². The van der Waals surface area contributed by atoms with Gasteiger partial charge in [0.25, 0.3) is 11.5 Å². The summed E-state index contributed by atoms with van der Waals surface area (Å²) in [5.41, 5.74) is 1.00. The molecular formula is C22H28N2O2. The lowest BCUT2D eigenvalue weighted by atomic mass is 9.99. The summed E-state index contributed by atoms with van der Waals surface area (Å²) >= 11 is 0. The van der Waals surface area contributed by atoms with Crippen LogP contribution in [0.25, 0.3) is 11.8 Å².